The number of hydrogen-bond acceptors (Lipinski definition) is 6. The summed E-state index contributed by atoms with van der Waals surface area (Å²) >= 11 is 0. The Bertz CT molecular complexity index is 1140. The van der Waals surface area contributed by atoms with E-state index in [4.69, 9.17) is 5.14 Å². The van der Waals surface area contributed by atoms with Gasteiger partial charge in [-0.05, 0) is 49.1 Å². The van der Waals surface area contributed by atoms with Crippen molar-refractivity contribution in [2.75, 3.05) is 5.32 Å². The number of primary sulfonamides is 1. The SMILES string of the molecule is NS(=O)(=O)c1ccc(Nc2ncc3ccc(=O)n(CC4CC4)c3n2)cc1. The van der Waals surface area contributed by atoms with E-state index in [-0.39, 0.29) is 10.5 Å². The number of nitrogens with two attached hydrogens (primary N) is 1. The van der Waals surface area contributed by atoms with Crippen molar-refractivity contribution >= 4 is 32.7 Å². The molecule has 0 radical (unpaired) electrons. The quantitative estimate of drug-likeness (QED) is 0.703. The Morgan fingerprint density at radius 3 is 2.54 bits per heavy atom. The first-order valence-corrected chi connectivity index (χ1v) is 9.71. The van der Waals surface area contributed by atoms with Gasteiger partial charge in [0, 0.05) is 29.9 Å². The van der Waals surface area contributed by atoms with E-state index in [1.165, 1.54) is 18.2 Å². The molecule has 0 unspecified atom stereocenters. The van der Waals surface area contributed by atoms with Gasteiger partial charge >= 0.3 is 0 Å². The van der Waals surface area contributed by atoms with Crippen LogP contribution in [0.1, 0.15) is 12.8 Å². The molecule has 0 aliphatic heterocycles. The van der Waals surface area contributed by atoms with Gasteiger partial charge in [-0.2, -0.15) is 4.98 Å². The summed E-state index contributed by atoms with van der Waals surface area (Å²) in [7, 11) is -3.73. The molecule has 3 N–H and O–H groups in total. The smallest absolute Gasteiger partial charge is 0.252 e. The van der Waals surface area contributed by atoms with Gasteiger partial charge in [0.1, 0.15) is 5.65 Å². The Morgan fingerprint density at radius 2 is 1.88 bits per heavy atom. The third-order valence-electron chi connectivity index (χ3n) is 4.30. The van der Waals surface area contributed by atoms with E-state index in [0.29, 0.717) is 29.7 Å². The molecule has 0 amide bonds. The third-order valence-corrected chi connectivity index (χ3v) is 5.23. The molecule has 1 aliphatic carbocycles. The maximum atomic E-state index is 12.2. The summed E-state index contributed by atoms with van der Waals surface area (Å²) in [5.41, 5.74) is 1.12. The van der Waals surface area contributed by atoms with E-state index in [1.807, 2.05) is 0 Å². The topological polar surface area (TPSA) is 120 Å². The summed E-state index contributed by atoms with van der Waals surface area (Å²) in [5, 5.41) is 8.90. The molecule has 1 aliphatic rings. The van der Waals surface area contributed by atoms with Gasteiger partial charge in [0.25, 0.3) is 5.56 Å². The van der Waals surface area contributed by atoms with E-state index in [1.54, 1.807) is 29.0 Å². The molecule has 0 bridgehead atoms. The van der Waals surface area contributed by atoms with Crippen molar-refractivity contribution < 1.29 is 8.42 Å². The third kappa shape index (κ3) is 3.44. The van der Waals surface area contributed by atoms with E-state index < -0.39 is 10.0 Å². The van der Waals surface area contributed by atoms with Gasteiger partial charge in [-0.15, -0.1) is 0 Å². The predicted octanol–water partition coefficient (Wildman–Crippen LogP) is 1.59. The summed E-state index contributed by atoms with van der Waals surface area (Å²) in [6.45, 7) is 0.662. The minimum absolute atomic E-state index is 0.0285. The van der Waals surface area contributed by atoms with Gasteiger partial charge in [0.05, 0.1) is 4.90 Å². The highest BCUT2D eigenvalue weighted by molar-refractivity contribution is 7.89. The molecule has 0 atom stereocenters. The number of benzene rings is 1. The molecular formula is C17H17N5O3S. The number of nitrogens with zero attached hydrogens (tertiary/aromatic N) is 3. The van der Waals surface area contributed by atoms with Crippen LogP contribution in [0.15, 0.2) is 52.3 Å². The lowest BCUT2D eigenvalue weighted by Crippen LogP contribution is -2.21. The molecule has 0 saturated heterocycles. The van der Waals surface area contributed by atoms with Gasteiger partial charge in [0.15, 0.2) is 0 Å². The fourth-order valence-corrected chi connectivity index (χ4v) is 3.24. The summed E-state index contributed by atoms with van der Waals surface area (Å²) in [5.74, 6) is 0.867. The van der Waals surface area contributed by atoms with E-state index in [0.717, 1.165) is 18.2 Å². The van der Waals surface area contributed by atoms with E-state index >= 15 is 0 Å². The van der Waals surface area contributed by atoms with Crippen LogP contribution in [0.3, 0.4) is 0 Å². The van der Waals surface area contributed by atoms with Crippen molar-refractivity contribution in [3.63, 3.8) is 0 Å². The summed E-state index contributed by atoms with van der Waals surface area (Å²) in [6.07, 6.45) is 3.93. The molecule has 8 nitrogen and oxygen atoms in total. The molecule has 1 aromatic carbocycles. The van der Waals surface area contributed by atoms with Crippen molar-refractivity contribution in [3.05, 3.63) is 52.9 Å². The van der Waals surface area contributed by atoms with Crippen molar-refractivity contribution in [2.24, 2.45) is 11.1 Å². The van der Waals surface area contributed by atoms with Crippen LogP contribution in [0.5, 0.6) is 0 Å². The molecule has 134 valence electrons. The van der Waals surface area contributed by atoms with Crippen LogP contribution in [0, 0.1) is 5.92 Å². The number of anilines is 2. The van der Waals surface area contributed by atoms with Crippen LogP contribution >= 0.6 is 0 Å². The maximum absolute atomic E-state index is 12.2. The second kappa shape index (κ2) is 6.19. The second-order valence-corrected chi connectivity index (χ2v) is 7.95. The van der Waals surface area contributed by atoms with Gasteiger partial charge in [-0.3, -0.25) is 9.36 Å². The average molecular weight is 371 g/mol. The van der Waals surface area contributed by atoms with Crippen molar-refractivity contribution in [2.45, 2.75) is 24.3 Å². The van der Waals surface area contributed by atoms with E-state index in [9.17, 15) is 13.2 Å². The lowest BCUT2D eigenvalue weighted by molar-refractivity contribution is 0.598. The van der Waals surface area contributed by atoms with Crippen LogP contribution in [-0.2, 0) is 16.6 Å². The molecule has 0 spiro atoms. The minimum atomic E-state index is -3.73. The number of hydrogen-bond donors (Lipinski definition) is 2. The highest BCUT2D eigenvalue weighted by Gasteiger charge is 2.23. The highest BCUT2D eigenvalue weighted by atomic mass is 32.2. The molecular weight excluding hydrogens is 354 g/mol. The number of rotatable bonds is 5. The number of pyridine rings is 1. The first kappa shape index (κ1) is 16.7. The summed E-state index contributed by atoms with van der Waals surface area (Å²) in [6, 6.07) is 9.22. The fourth-order valence-electron chi connectivity index (χ4n) is 2.72. The largest absolute Gasteiger partial charge is 0.324 e. The number of nitrogens with one attached hydrogen (secondary N) is 1. The Hall–Kier alpha value is -2.78. The van der Waals surface area contributed by atoms with Gasteiger partial charge in [-0.25, -0.2) is 18.5 Å². The summed E-state index contributed by atoms with van der Waals surface area (Å²) < 4.78 is 24.3. The van der Waals surface area contributed by atoms with Gasteiger partial charge < -0.3 is 5.32 Å². The Labute approximate surface area is 149 Å². The van der Waals surface area contributed by atoms with E-state index in [2.05, 4.69) is 15.3 Å². The second-order valence-electron chi connectivity index (χ2n) is 6.39. The number of sulfonamides is 1. The molecule has 1 saturated carbocycles. The molecule has 3 aromatic rings. The first-order valence-electron chi connectivity index (χ1n) is 8.17. The highest BCUT2D eigenvalue weighted by Crippen LogP contribution is 2.31. The van der Waals surface area contributed by atoms with Gasteiger partial charge in [-0.1, -0.05) is 0 Å². The molecule has 2 aromatic heterocycles. The average Bonchev–Trinajstić information content (AvgIpc) is 3.41. The van der Waals surface area contributed by atoms with Crippen molar-refractivity contribution in [3.8, 4) is 0 Å². The zero-order chi connectivity index (χ0) is 18.3. The lowest BCUT2D eigenvalue weighted by atomic mass is 10.3. The standard InChI is InChI=1S/C17H17N5O3S/c18-26(24,25)14-6-4-13(5-7-14)20-17-19-9-12-3-8-15(23)22(16(12)21-17)10-11-1-2-11/h3-9,11H,1-2,10H2,(H2,18,24,25)(H,19,20,21). The van der Waals surface area contributed by atoms with Crippen LogP contribution < -0.4 is 16.0 Å². The van der Waals surface area contributed by atoms with Crippen LogP contribution in [0.25, 0.3) is 11.0 Å². The normalized spacial score (nSPS) is 14.5. The van der Waals surface area contributed by atoms with Crippen molar-refractivity contribution in [1.82, 2.24) is 14.5 Å². The molecule has 4 rings (SSSR count). The van der Waals surface area contributed by atoms with Crippen LogP contribution in [0.4, 0.5) is 11.6 Å². The van der Waals surface area contributed by atoms with Crippen LogP contribution in [0.2, 0.25) is 0 Å². The molecule has 9 heteroatoms. The Kier molecular flexibility index (Phi) is 3.97. The maximum Gasteiger partial charge on any atom is 0.252 e. The predicted molar refractivity (Wildman–Crippen MR) is 97.6 cm³/mol. The molecule has 1 fully saturated rings. The fraction of sp³-hybridized carbons (Fsp3) is 0.235. The minimum Gasteiger partial charge on any atom is -0.324 e. The Balaban J connectivity index is 1.67. The zero-order valence-corrected chi connectivity index (χ0v) is 14.6. The number of fused-ring (bicyclic) bond motifs is 1. The summed E-state index contributed by atoms with van der Waals surface area (Å²) in [4.78, 5) is 21.0. The van der Waals surface area contributed by atoms with Crippen molar-refractivity contribution in [1.29, 1.82) is 0 Å². The zero-order valence-electron chi connectivity index (χ0n) is 13.8. The van der Waals surface area contributed by atoms with Gasteiger partial charge in [0.2, 0.25) is 16.0 Å². The van der Waals surface area contributed by atoms with Crippen LogP contribution in [-0.4, -0.2) is 23.0 Å². The number of aromatic nitrogens is 3. The molecule has 2 heterocycles. The monoisotopic (exact) mass is 371 g/mol. The first-order chi connectivity index (χ1) is 12.4. The Morgan fingerprint density at radius 1 is 1.15 bits per heavy atom. The molecule has 26 heavy (non-hydrogen) atoms. The lowest BCUT2D eigenvalue weighted by Gasteiger charge is -2.10.